The van der Waals surface area contributed by atoms with Crippen LogP contribution in [0.2, 0.25) is 0 Å². The summed E-state index contributed by atoms with van der Waals surface area (Å²) in [5, 5.41) is 23.4. The van der Waals surface area contributed by atoms with Crippen LogP contribution >= 0.6 is 0 Å². The van der Waals surface area contributed by atoms with Crippen molar-refractivity contribution in [3.63, 3.8) is 0 Å². The minimum absolute atomic E-state index is 0.0905. The second kappa shape index (κ2) is 12.8. The van der Waals surface area contributed by atoms with Gasteiger partial charge in [0.25, 0.3) is 0 Å². The van der Waals surface area contributed by atoms with Gasteiger partial charge in [-0.15, -0.1) is 0 Å². The van der Waals surface area contributed by atoms with Crippen molar-refractivity contribution in [3.8, 4) is 0 Å². The van der Waals surface area contributed by atoms with Gasteiger partial charge in [-0.2, -0.15) is 0 Å². The molecular weight excluding hydrogens is 264 g/mol. The molecule has 0 fully saturated rings. The molecule has 0 atom stereocenters. The molecule has 6 N–H and O–H groups in total. The van der Waals surface area contributed by atoms with Crippen LogP contribution in [0.5, 0.6) is 0 Å². The molecule has 0 rings (SSSR count). The smallest absolute Gasteiger partial charge is 0.304 e. The van der Waals surface area contributed by atoms with E-state index in [0.717, 1.165) is 19.6 Å². The molecule has 0 aliphatic rings. The van der Waals surface area contributed by atoms with Gasteiger partial charge in [-0.3, -0.25) is 9.59 Å². The van der Waals surface area contributed by atoms with Crippen molar-refractivity contribution in [2.75, 3.05) is 52.4 Å². The second-order valence-electron chi connectivity index (χ2n) is 4.42. The number of carbonyl (C=O) groups is 2. The Kier molecular flexibility index (Phi) is 12.0. The Morgan fingerprint density at radius 1 is 0.850 bits per heavy atom. The molecule has 0 aromatic carbocycles. The summed E-state index contributed by atoms with van der Waals surface area (Å²) >= 11 is 0. The first kappa shape index (κ1) is 18.8. The number of nitrogens with zero attached hydrogens (tertiary/aromatic N) is 1. The van der Waals surface area contributed by atoms with E-state index in [1.165, 1.54) is 0 Å². The average Bonchev–Trinajstić information content (AvgIpc) is 2.38. The fraction of sp³-hybridized carbons (Fsp3) is 0.833. The summed E-state index contributed by atoms with van der Waals surface area (Å²) in [5.41, 5.74) is 5.37. The maximum atomic E-state index is 10.6. The fourth-order valence-electron chi connectivity index (χ4n) is 1.61. The molecule has 0 heterocycles. The van der Waals surface area contributed by atoms with Gasteiger partial charge in [0.1, 0.15) is 0 Å². The van der Waals surface area contributed by atoms with Crippen LogP contribution in [0.1, 0.15) is 12.8 Å². The van der Waals surface area contributed by atoms with Gasteiger partial charge in [0.2, 0.25) is 0 Å². The number of rotatable bonds is 14. The van der Waals surface area contributed by atoms with Crippen molar-refractivity contribution in [1.82, 2.24) is 15.5 Å². The first-order chi connectivity index (χ1) is 9.56. The van der Waals surface area contributed by atoms with E-state index in [1.54, 1.807) is 0 Å². The van der Waals surface area contributed by atoms with Crippen molar-refractivity contribution in [3.05, 3.63) is 0 Å². The van der Waals surface area contributed by atoms with Gasteiger partial charge in [-0.1, -0.05) is 0 Å². The fourth-order valence-corrected chi connectivity index (χ4v) is 1.61. The summed E-state index contributed by atoms with van der Waals surface area (Å²) in [4.78, 5) is 23.0. The lowest BCUT2D eigenvalue weighted by Crippen LogP contribution is -2.39. The van der Waals surface area contributed by atoms with Gasteiger partial charge in [0.05, 0.1) is 12.8 Å². The molecule has 0 aliphatic carbocycles. The van der Waals surface area contributed by atoms with E-state index >= 15 is 0 Å². The van der Waals surface area contributed by atoms with Crippen molar-refractivity contribution < 1.29 is 19.8 Å². The van der Waals surface area contributed by atoms with E-state index in [0.29, 0.717) is 32.7 Å². The molecule has 0 amide bonds. The molecule has 0 saturated carbocycles. The predicted molar refractivity (Wildman–Crippen MR) is 75.7 cm³/mol. The third-order valence-electron chi connectivity index (χ3n) is 2.69. The van der Waals surface area contributed by atoms with Crippen LogP contribution in [-0.4, -0.2) is 79.4 Å². The molecule has 0 aromatic heterocycles. The molecular formula is C12H26N4O4. The van der Waals surface area contributed by atoms with Crippen LogP contribution in [-0.2, 0) is 9.59 Å². The van der Waals surface area contributed by atoms with E-state index in [1.807, 2.05) is 4.90 Å². The SMILES string of the molecule is NCCNCCN(CCNCCC(=O)O)CCC(=O)O. The van der Waals surface area contributed by atoms with Gasteiger partial charge in [-0.25, -0.2) is 0 Å². The molecule has 0 bridgehead atoms. The van der Waals surface area contributed by atoms with Gasteiger partial charge >= 0.3 is 11.9 Å². The van der Waals surface area contributed by atoms with Crippen LogP contribution in [0.3, 0.4) is 0 Å². The maximum Gasteiger partial charge on any atom is 0.304 e. The second-order valence-corrected chi connectivity index (χ2v) is 4.42. The summed E-state index contributed by atoms with van der Waals surface area (Å²) < 4.78 is 0. The van der Waals surface area contributed by atoms with Gasteiger partial charge < -0.3 is 31.5 Å². The van der Waals surface area contributed by atoms with E-state index in [4.69, 9.17) is 15.9 Å². The quantitative estimate of drug-likeness (QED) is 0.241. The highest BCUT2D eigenvalue weighted by atomic mass is 16.4. The highest BCUT2D eigenvalue weighted by molar-refractivity contribution is 5.67. The number of aliphatic carboxylic acids is 2. The number of carboxylic acids is 2. The highest BCUT2D eigenvalue weighted by Gasteiger charge is 2.07. The number of nitrogens with one attached hydrogen (secondary N) is 2. The zero-order valence-corrected chi connectivity index (χ0v) is 11.8. The Bertz CT molecular complexity index is 276. The number of hydrogen-bond acceptors (Lipinski definition) is 6. The monoisotopic (exact) mass is 290 g/mol. The van der Waals surface area contributed by atoms with E-state index in [-0.39, 0.29) is 12.8 Å². The molecule has 118 valence electrons. The van der Waals surface area contributed by atoms with Crippen LogP contribution in [0, 0.1) is 0 Å². The zero-order valence-electron chi connectivity index (χ0n) is 11.8. The van der Waals surface area contributed by atoms with Crippen molar-refractivity contribution in [2.24, 2.45) is 5.73 Å². The summed E-state index contributed by atoms with van der Waals surface area (Å²) in [6, 6.07) is 0. The molecule has 20 heavy (non-hydrogen) atoms. The Balaban J connectivity index is 3.79. The Labute approximate surface area is 119 Å². The molecule has 0 spiro atoms. The molecule has 0 unspecified atom stereocenters. The van der Waals surface area contributed by atoms with Gasteiger partial charge in [-0.05, 0) is 0 Å². The van der Waals surface area contributed by atoms with E-state index in [2.05, 4.69) is 10.6 Å². The van der Waals surface area contributed by atoms with Gasteiger partial charge in [0.15, 0.2) is 0 Å². The Morgan fingerprint density at radius 2 is 1.40 bits per heavy atom. The van der Waals surface area contributed by atoms with Gasteiger partial charge in [0, 0.05) is 52.4 Å². The van der Waals surface area contributed by atoms with E-state index in [9.17, 15) is 9.59 Å². The number of nitrogens with two attached hydrogens (primary N) is 1. The summed E-state index contributed by atoms with van der Waals surface area (Å²) in [6.45, 7) is 5.06. The minimum atomic E-state index is -0.828. The molecule has 8 heteroatoms. The van der Waals surface area contributed by atoms with Crippen molar-refractivity contribution in [1.29, 1.82) is 0 Å². The lowest BCUT2D eigenvalue weighted by atomic mass is 10.3. The first-order valence-electron chi connectivity index (χ1n) is 6.83. The minimum Gasteiger partial charge on any atom is -0.481 e. The molecule has 0 aliphatic heterocycles. The summed E-state index contributed by atoms with van der Waals surface area (Å²) in [6.07, 6.45) is 0.194. The maximum absolute atomic E-state index is 10.6. The largest absolute Gasteiger partial charge is 0.481 e. The predicted octanol–water partition coefficient (Wildman–Crippen LogP) is -1.62. The standard InChI is InChI=1S/C12H26N4O4/c13-3-5-15-7-10-16(8-2-12(19)20)9-6-14-4-1-11(17)18/h14-15H,1-10,13H2,(H,17,18)(H,19,20). The third kappa shape index (κ3) is 13.2. The lowest BCUT2D eigenvalue weighted by Gasteiger charge is -2.21. The zero-order chi connectivity index (χ0) is 15.2. The average molecular weight is 290 g/mol. The number of hydrogen-bond donors (Lipinski definition) is 5. The molecule has 8 nitrogen and oxygen atoms in total. The van der Waals surface area contributed by atoms with Crippen molar-refractivity contribution in [2.45, 2.75) is 12.8 Å². The lowest BCUT2D eigenvalue weighted by molar-refractivity contribution is -0.138. The van der Waals surface area contributed by atoms with Crippen molar-refractivity contribution >= 4 is 11.9 Å². The highest BCUT2D eigenvalue weighted by Crippen LogP contribution is 1.91. The van der Waals surface area contributed by atoms with Crippen LogP contribution in [0.15, 0.2) is 0 Å². The summed E-state index contributed by atoms with van der Waals surface area (Å²) in [5.74, 6) is -1.64. The summed E-state index contributed by atoms with van der Waals surface area (Å²) in [7, 11) is 0. The molecule has 0 aromatic rings. The Hall–Kier alpha value is -1.22. The topological polar surface area (TPSA) is 128 Å². The van der Waals surface area contributed by atoms with Crippen LogP contribution in [0.25, 0.3) is 0 Å². The third-order valence-corrected chi connectivity index (χ3v) is 2.69. The van der Waals surface area contributed by atoms with Crippen LogP contribution in [0.4, 0.5) is 0 Å². The molecule has 0 saturated heterocycles. The number of carboxylic acid groups (broad SMARTS) is 2. The van der Waals surface area contributed by atoms with E-state index < -0.39 is 11.9 Å². The van der Waals surface area contributed by atoms with Crippen LogP contribution < -0.4 is 16.4 Å². The Morgan fingerprint density at radius 3 is 1.90 bits per heavy atom. The molecule has 0 radical (unpaired) electrons. The first-order valence-corrected chi connectivity index (χ1v) is 6.83. The normalized spacial score (nSPS) is 10.9.